The first-order valence-corrected chi connectivity index (χ1v) is 7.57. The van der Waals surface area contributed by atoms with Gasteiger partial charge in [-0.2, -0.15) is 0 Å². The molecule has 0 aromatic heterocycles. The quantitative estimate of drug-likeness (QED) is 0.898. The van der Waals surface area contributed by atoms with Gasteiger partial charge in [0.25, 0.3) is 0 Å². The molecule has 21 heavy (non-hydrogen) atoms. The number of carboxylic acids is 1. The predicted molar refractivity (Wildman–Crippen MR) is 81.3 cm³/mol. The van der Waals surface area contributed by atoms with E-state index in [1.165, 1.54) is 0 Å². The molecule has 0 aliphatic heterocycles. The number of halogens is 1. The van der Waals surface area contributed by atoms with Gasteiger partial charge < -0.3 is 10.4 Å². The first-order chi connectivity index (χ1) is 9.93. The number of carbonyl (C=O) groups excluding carboxylic acids is 1. The Kier molecular flexibility index (Phi) is 4.88. The van der Waals surface area contributed by atoms with Crippen LogP contribution in [0.3, 0.4) is 0 Å². The summed E-state index contributed by atoms with van der Waals surface area (Å²) < 4.78 is 0. The van der Waals surface area contributed by atoms with E-state index in [0.717, 1.165) is 18.4 Å². The topological polar surface area (TPSA) is 66.4 Å². The SMILES string of the molecule is CC1(C(=O)O)CCCCC1NC(=O)Cc1ccccc1Cl. The molecule has 0 saturated heterocycles. The first-order valence-electron chi connectivity index (χ1n) is 7.19. The summed E-state index contributed by atoms with van der Waals surface area (Å²) in [5.41, 5.74) is -0.126. The maximum atomic E-state index is 12.2. The highest BCUT2D eigenvalue weighted by molar-refractivity contribution is 6.31. The van der Waals surface area contributed by atoms with E-state index in [1.54, 1.807) is 19.1 Å². The van der Waals surface area contributed by atoms with Crippen LogP contribution in [0.15, 0.2) is 24.3 Å². The molecule has 1 aliphatic carbocycles. The van der Waals surface area contributed by atoms with Crippen molar-refractivity contribution in [2.24, 2.45) is 5.41 Å². The van der Waals surface area contributed by atoms with Crippen molar-refractivity contribution >= 4 is 23.5 Å². The molecule has 4 nitrogen and oxygen atoms in total. The van der Waals surface area contributed by atoms with Gasteiger partial charge in [0.1, 0.15) is 0 Å². The summed E-state index contributed by atoms with van der Waals surface area (Å²) in [5, 5.41) is 12.9. The van der Waals surface area contributed by atoms with Gasteiger partial charge in [-0.1, -0.05) is 42.6 Å². The smallest absolute Gasteiger partial charge is 0.311 e. The molecular formula is C16H20ClNO3. The van der Waals surface area contributed by atoms with Crippen LogP contribution in [0.4, 0.5) is 0 Å². The zero-order valence-corrected chi connectivity index (χ0v) is 12.8. The Morgan fingerprint density at radius 1 is 1.38 bits per heavy atom. The van der Waals surface area contributed by atoms with E-state index in [0.29, 0.717) is 17.9 Å². The van der Waals surface area contributed by atoms with E-state index < -0.39 is 11.4 Å². The minimum atomic E-state index is -0.881. The molecule has 5 heteroatoms. The van der Waals surface area contributed by atoms with Gasteiger partial charge in [-0.05, 0) is 31.4 Å². The Morgan fingerprint density at radius 3 is 2.76 bits per heavy atom. The number of hydrogen-bond acceptors (Lipinski definition) is 2. The summed E-state index contributed by atoms with van der Waals surface area (Å²) in [7, 11) is 0. The Morgan fingerprint density at radius 2 is 2.10 bits per heavy atom. The van der Waals surface area contributed by atoms with Crippen molar-refractivity contribution in [3.63, 3.8) is 0 Å². The molecule has 0 bridgehead atoms. The lowest BCUT2D eigenvalue weighted by Gasteiger charge is -2.38. The van der Waals surface area contributed by atoms with Crippen molar-refractivity contribution in [3.05, 3.63) is 34.9 Å². The third kappa shape index (κ3) is 3.56. The van der Waals surface area contributed by atoms with Crippen molar-refractivity contribution in [2.45, 2.75) is 45.1 Å². The van der Waals surface area contributed by atoms with Crippen molar-refractivity contribution in [1.29, 1.82) is 0 Å². The highest BCUT2D eigenvalue weighted by Crippen LogP contribution is 2.36. The molecular weight excluding hydrogens is 290 g/mol. The van der Waals surface area contributed by atoms with Crippen LogP contribution in [0.5, 0.6) is 0 Å². The monoisotopic (exact) mass is 309 g/mol. The molecule has 1 amide bonds. The number of amides is 1. The van der Waals surface area contributed by atoms with Gasteiger partial charge in [-0.3, -0.25) is 9.59 Å². The van der Waals surface area contributed by atoms with Gasteiger partial charge in [0.05, 0.1) is 11.8 Å². The number of nitrogens with one attached hydrogen (secondary N) is 1. The predicted octanol–water partition coefficient (Wildman–Crippen LogP) is 3.03. The molecule has 2 unspecified atom stereocenters. The fourth-order valence-corrected chi connectivity index (χ4v) is 3.08. The van der Waals surface area contributed by atoms with Gasteiger partial charge in [0.15, 0.2) is 0 Å². The van der Waals surface area contributed by atoms with E-state index in [1.807, 2.05) is 12.1 Å². The molecule has 2 N–H and O–H groups in total. The Labute approximate surface area is 129 Å². The number of hydrogen-bond donors (Lipinski definition) is 2. The Bertz CT molecular complexity index is 546. The van der Waals surface area contributed by atoms with Crippen molar-refractivity contribution in [3.8, 4) is 0 Å². The van der Waals surface area contributed by atoms with E-state index in [2.05, 4.69) is 5.32 Å². The molecule has 1 saturated carbocycles. The fraction of sp³-hybridized carbons (Fsp3) is 0.500. The lowest BCUT2D eigenvalue weighted by molar-refractivity contribution is -0.152. The second-order valence-corrected chi connectivity index (χ2v) is 6.26. The van der Waals surface area contributed by atoms with Crippen LogP contribution in [-0.4, -0.2) is 23.0 Å². The maximum absolute atomic E-state index is 12.2. The van der Waals surface area contributed by atoms with Crippen molar-refractivity contribution in [2.75, 3.05) is 0 Å². The van der Waals surface area contributed by atoms with Crippen LogP contribution >= 0.6 is 11.6 Å². The highest BCUT2D eigenvalue weighted by atomic mass is 35.5. The number of carboxylic acid groups (broad SMARTS) is 1. The Hall–Kier alpha value is -1.55. The molecule has 1 fully saturated rings. The third-order valence-electron chi connectivity index (χ3n) is 4.34. The average Bonchev–Trinajstić information content (AvgIpc) is 2.44. The molecule has 1 aromatic rings. The molecule has 0 radical (unpaired) electrons. The van der Waals surface area contributed by atoms with Gasteiger partial charge in [-0.25, -0.2) is 0 Å². The first kappa shape index (κ1) is 15.8. The minimum absolute atomic E-state index is 0.172. The number of aliphatic carboxylic acids is 1. The van der Waals surface area contributed by atoms with Crippen molar-refractivity contribution in [1.82, 2.24) is 5.32 Å². The van der Waals surface area contributed by atoms with Crippen molar-refractivity contribution < 1.29 is 14.7 Å². The van der Waals surface area contributed by atoms with Crippen LogP contribution in [0.2, 0.25) is 5.02 Å². The summed E-state index contributed by atoms with van der Waals surface area (Å²) in [5.74, 6) is -1.02. The molecule has 1 aromatic carbocycles. The van der Waals surface area contributed by atoms with E-state index in [9.17, 15) is 14.7 Å². The number of rotatable bonds is 4. The maximum Gasteiger partial charge on any atom is 0.311 e. The van der Waals surface area contributed by atoms with Gasteiger partial charge in [0.2, 0.25) is 5.91 Å². The fourth-order valence-electron chi connectivity index (χ4n) is 2.88. The Balaban J connectivity index is 2.04. The molecule has 1 aliphatic rings. The molecule has 0 heterocycles. The van der Waals surface area contributed by atoms with Crippen LogP contribution in [0.1, 0.15) is 38.2 Å². The van der Waals surface area contributed by atoms with Gasteiger partial charge >= 0.3 is 5.97 Å². The summed E-state index contributed by atoms with van der Waals surface area (Å²) in [6, 6.07) is 6.87. The van der Waals surface area contributed by atoms with Crippen LogP contribution in [0.25, 0.3) is 0 Å². The number of carbonyl (C=O) groups is 2. The van der Waals surface area contributed by atoms with Crippen LogP contribution in [-0.2, 0) is 16.0 Å². The largest absolute Gasteiger partial charge is 0.481 e. The minimum Gasteiger partial charge on any atom is -0.481 e. The van der Waals surface area contributed by atoms with Crippen LogP contribution < -0.4 is 5.32 Å². The highest BCUT2D eigenvalue weighted by Gasteiger charge is 2.43. The lowest BCUT2D eigenvalue weighted by atomic mass is 9.71. The zero-order valence-electron chi connectivity index (χ0n) is 12.1. The third-order valence-corrected chi connectivity index (χ3v) is 4.71. The summed E-state index contributed by atoms with van der Waals surface area (Å²) in [6.07, 6.45) is 3.31. The lowest BCUT2D eigenvalue weighted by Crippen LogP contribution is -2.52. The van der Waals surface area contributed by atoms with Gasteiger partial charge in [0, 0.05) is 11.1 Å². The van der Waals surface area contributed by atoms with E-state index in [-0.39, 0.29) is 18.4 Å². The molecule has 2 atom stereocenters. The molecule has 2 rings (SSSR count). The standard InChI is InChI=1S/C16H20ClNO3/c1-16(15(20)21)9-5-4-8-13(16)18-14(19)10-11-6-2-3-7-12(11)17/h2-3,6-7,13H,4-5,8-10H2,1H3,(H,18,19)(H,20,21). The van der Waals surface area contributed by atoms with E-state index >= 15 is 0 Å². The van der Waals surface area contributed by atoms with E-state index in [4.69, 9.17) is 11.6 Å². The van der Waals surface area contributed by atoms with Crippen LogP contribution in [0, 0.1) is 5.41 Å². The summed E-state index contributed by atoms with van der Waals surface area (Å²) >= 11 is 6.04. The van der Waals surface area contributed by atoms with Gasteiger partial charge in [-0.15, -0.1) is 0 Å². The second-order valence-electron chi connectivity index (χ2n) is 5.86. The zero-order chi connectivity index (χ0) is 15.5. The molecule has 114 valence electrons. The molecule has 0 spiro atoms. The average molecular weight is 310 g/mol. The summed E-state index contributed by atoms with van der Waals surface area (Å²) in [6.45, 7) is 1.72. The summed E-state index contributed by atoms with van der Waals surface area (Å²) in [4.78, 5) is 23.7. The number of benzene rings is 1. The normalized spacial score (nSPS) is 25.3. The second kappa shape index (κ2) is 6.48.